The lowest BCUT2D eigenvalue weighted by molar-refractivity contribution is -0.122. The molecule has 1 fully saturated rings. The lowest BCUT2D eigenvalue weighted by Crippen LogP contribution is -2.46. The second-order valence-corrected chi connectivity index (χ2v) is 4.97. The van der Waals surface area contributed by atoms with Crippen LogP contribution in [0.15, 0.2) is 30.3 Å². The maximum Gasteiger partial charge on any atom is 0.241 e. The van der Waals surface area contributed by atoms with Gasteiger partial charge in [-0.3, -0.25) is 4.79 Å². The minimum absolute atomic E-state index is 0.00665. The molecule has 0 radical (unpaired) electrons. The Kier molecular flexibility index (Phi) is 5.10. The fourth-order valence-electron chi connectivity index (χ4n) is 2.24. The molecule has 2 atom stereocenters. The molecule has 1 N–H and O–H groups in total. The molecule has 5 heteroatoms. The number of nitrogens with one attached hydrogen (secondary N) is 1. The van der Waals surface area contributed by atoms with E-state index in [0.717, 1.165) is 13.1 Å². The first kappa shape index (κ1) is 14.5. The molecule has 1 saturated heterocycles. The monoisotopic (exact) mass is 273 g/mol. The van der Waals surface area contributed by atoms with Crippen LogP contribution in [0.4, 0.5) is 0 Å². The second kappa shape index (κ2) is 7.04. The average Bonchev–Trinajstić information content (AvgIpc) is 2.47. The molecule has 20 heavy (non-hydrogen) atoms. The highest BCUT2D eigenvalue weighted by Gasteiger charge is 2.22. The van der Waals surface area contributed by atoms with Crippen LogP contribution in [0.3, 0.4) is 0 Å². The Morgan fingerprint density at radius 3 is 2.95 bits per heavy atom. The summed E-state index contributed by atoms with van der Waals surface area (Å²) in [7, 11) is 2.03. The summed E-state index contributed by atoms with van der Waals surface area (Å²) in [6.07, 6.45) is -0.00665. The van der Waals surface area contributed by atoms with Crippen LogP contribution in [-0.4, -0.2) is 50.2 Å². The van der Waals surface area contributed by atoms with Crippen LogP contribution < -0.4 is 5.32 Å². The highest BCUT2D eigenvalue weighted by Crippen LogP contribution is 2.14. The van der Waals surface area contributed by atoms with Gasteiger partial charge in [0.25, 0.3) is 0 Å². The van der Waals surface area contributed by atoms with E-state index in [-0.39, 0.29) is 12.0 Å². The molecular weight excluding hydrogens is 254 g/mol. The van der Waals surface area contributed by atoms with E-state index >= 15 is 0 Å². The highest BCUT2D eigenvalue weighted by molar-refractivity contribution is 5.86. The molecule has 0 bridgehead atoms. The zero-order valence-corrected chi connectivity index (χ0v) is 11.6. The number of carbonyl (C=O) groups excluding carboxylic acids is 1. The van der Waals surface area contributed by atoms with Gasteiger partial charge in [-0.15, -0.1) is 0 Å². The summed E-state index contributed by atoms with van der Waals surface area (Å²) in [4.78, 5) is 14.3. The molecule has 1 heterocycles. The van der Waals surface area contributed by atoms with Gasteiger partial charge in [0, 0.05) is 19.6 Å². The van der Waals surface area contributed by atoms with E-state index in [1.165, 1.54) is 0 Å². The predicted octanol–water partition coefficient (Wildman–Crippen LogP) is 0.741. The SMILES string of the molecule is CN1CCOC(CNC(=O)C(C#N)c2ccccc2)C1. The van der Waals surface area contributed by atoms with E-state index in [1.807, 2.05) is 25.2 Å². The van der Waals surface area contributed by atoms with Crippen molar-refractivity contribution in [3.8, 4) is 6.07 Å². The summed E-state index contributed by atoms with van der Waals surface area (Å²) in [5.41, 5.74) is 0.717. The first-order chi connectivity index (χ1) is 9.70. The standard InChI is InChI=1S/C15H19N3O2/c1-18-7-8-20-13(11-18)10-17-15(19)14(9-16)12-5-3-2-4-6-12/h2-6,13-14H,7-8,10-11H2,1H3,(H,17,19). The number of morpholine rings is 1. The summed E-state index contributed by atoms with van der Waals surface area (Å²) in [5, 5.41) is 12.0. The zero-order valence-electron chi connectivity index (χ0n) is 11.6. The van der Waals surface area contributed by atoms with Crippen LogP contribution >= 0.6 is 0 Å². The number of nitriles is 1. The van der Waals surface area contributed by atoms with E-state index in [0.29, 0.717) is 18.7 Å². The number of hydrogen-bond acceptors (Lipinski definition) is 4. The number of nitrogens with zero attached hydrogens (tertiary/aromatic N) is 2. The Bertz CT molecular complexity index is 484. The fraction of sp³-hybridized carbons (Fsp3) is 0.467. The van der Waals surface area contributed by atoms with Crippen LogP contribution in [0.2, 0.25) is 0 Å². The van der Waals surface area contributed by atoms with Crippen LogP contribution in [0.1, 0.15) is 11.5 Å². The molecule has 106 valence electrons. The molecule has 0 saturated carbocycles. The number of carbonyl (C=O) groups is 1. The number of likely N-dealkylation sites (N-methyl/N-ethyl adjacent to an activating group) is 1. The van der Waals surface area contributed by atoms with Gasteiger partial charge in [-0.1, -0.05) is 30.3 Å². The maximum atomic E-state index is 12.1. The topological polar surface area (TPSA) is 65.4 Å². The number of ether oxygens (including phenoxy) is 1. The average molecular weight is 273 g/mol. The quantitative estimate of drug-likeness (QED) is 0.879. The van der Waals surface area contributed by atoms with Crippen LogP contribution in [0.5, 0.6) is 0 Å². The lowest BCUT2D eigenvalue weighted by Gasteiger charge is -2.30. The first-order valence-electron chi connectivity index (χ1n) is 6.73. The van der Waals surface area contributed by atoms with Gasteiger partial charge in [-0.25, -0.2) is 0 Å². The molecule has 0 spiro atoms. The zero-order chi connectivity index (χ0) is 14.4. The van der Waals surface area contributed by atoms with Crippen LogP contribution in [0, 0.1) is 11.3 Å². The number of amides is 1. The molecule has 0 aromatic heterocycles. The summed E-state index contributed by atoms with van der Waals surface area (Å²) < 4.78 is 5.58. The van der Waals surface area contributed by atoms with Gasteiger partial charge in [0.15, 0.2) is 0 Å². The summed E-state index contributed by atoms with van der Waals surface area (Å²) in [6.45, 7) is 2.82. The van der Waals surface area contributed by atoms with Crippen molar-refractivity contribution in [2.45, 2.75) is 12.0 Å². The predicted molar refractivity (Wildman–Crippen MR) is 75.0 cm³/mol. The third kappa shape index (κ3) is 3.80. The second-order valence-electron chi connectivity index (χ2n) is 4.97. The Balaban J connectivity index is 1.89. The third-order valence-electron chi connectivity index (χ3n) is 3.37. The molecule has 1 aromatic carbocycles. The number of benzene rings is 1. The molecule has 1 aromatic rings. The minimum atomic E-state index is -0.766. The summed E-state index contributed by atoms with van der Waals surface area (Å²) in [6, 6.07) is 11.1. The van der Waals surface area contributed by atoms with Crippen molar-refractivity contribution in [3.05, 3.63) is 35.9 Å². The van der Waals surface area contributed by atoms with Gasteiger partial charge in [0.05, 0.1) is 18.8 Å². The van der Waals surface area contributed by atoms with Gasteiger partial charge in [0.2, 0.25) is 5.91 Å². The van der Waals surface area contributed by atoms with Crippen molar-refractivity contribution in [1.82, 2.24) is 10.2 Å². The van der Waals surface area contributed by atoms with Gasteiger partial charge in [-0.2, -0.15) is 5.26 Å². The van der Waals surface area contributed by atoms with E-state index in [1.54, 1.807) is 12.1 Å². The number of rotatable bonds is 4. The molecule has 2 unspecified atom stereocenters. The largest absolute Gasteiger partial charge is 0.374 e. The van der Waals surface area contributed by atoms with Crippen LogP contribution in [-0.2, 0) is 9.53 Å². The third-order valence-corrected chi connectivity index (χ3v) is 3.37. The minimum Gasteiger partial charge on any atom is -0.374 e. The smallest absolute Gasteiger partial charge is 0.241 e. The van der Waals surface area contributed by atoms with Crippen molar-refractivity contribution in [3.63, 3.8) is 0 Å². The molecule has 5 nitrogen and oxygen atoms in total. The van der Waals surface area contributed by atoms with E-state index in [2.05, 4.69) is 16.3 Å². The van der Waals surface area contributed by atoms with Crippen molar-refractivity contribution in [2.75, 3.05) is 33.3 Å². The number of hydrogen-bond donors (Lipinski definition) is 1. The Labute approximate surface area is 119 Å². The Morgan fingerprint density at radius 1 is 1.55 bits per heavy atom. The van der Waals surface area contributed by atoms with Crippen LogP contribution in [0.25, 0.3) is 0 Å². The van der Waals surface area contributed by atoms with Gasteiger partial charge < -0.3 is 15.0 Å². The van der Waals surface area contributed by atoms with Crippen molar-refractivity contribution < 1.29 is 9.53 Å². The maximum absolute atomic E-state index is 12.1. The van der Waals surface area contributed by atoms with Crippen molar-refractivity contribution >= 4 is 5.91 Å². The Morgan fingerprint density at radius 2 is 2.30 bits per heavy atom. The summed E-state index contributed by atoms with van der Waals surface area (Å²) >= 11 is 0. The molecule has 1 aliphatic heterocycles. The van der Waals surface area contributed by atoms with E-state index in [9.17, 15) is 10.1 Å². The molecule has 1 amide bonds. The first-order valence-corrected chi connectivity index (χ1v) is 6.73. The van der Waals surface area contributed by atoms with Crippen molar-refractivity contribution in [1.29, 1.82) is 5.26 Å². The van der Waals surface area contributed by atoms with Gasteiger partial charge in [-0.05, 0) is 12.6 Å². The molecule has 0 aliphatic carbocycles. The molecular formula is C15H19N3O2. The van der Waals surface area contributed by atoms with Crippen molar-refractivity contribution in [2.24, 2.45) is 0 Å². The summed E-state index contributed by atoms with van der Waals surface area (Å²) in [5.74, 6) is -1.03. The van der Waals surface area contributed by atoms with E-state index in [4.69, 9.17) is 4.74 Å². The fourth-order valence-corrected chi connectivity index (χ4v) is 2.24. The normalized spacial score (nSPS) is 20.9. The van der Waals surface area contributed by atoms with E-state index < -0.39 is 5.92 Å². The molecule has 2 rings (SSSR count). The lowest BCUT2D eigenvalue weighted by atomic mass is 10.00. The molecule has 1 aliphatic rings. The van der Waals surface area contributed by atoms with Gasteiger partial charge >= 0.3 is 0 Å². The van der Waals surface area contributed by atoms with Gasteiger partial charge in [0.1, 0.15) is 5.92 Å². The highest BCUT2D eigenvalue weighted by atomic mass is 16.5. The Hall–Kier alpha value is -1.90.